The van der Waals surface area contributed by atoms with E-state index in [1.54, 1.807) is 6.07 Å². The molecule has 2 aliphatic heterocycles. The quantitative estimate of drug-likeness (QED) is 0.782. The van der Waals surface area contributed by atoms with Crippen molar-refractivity contribution in [2.24, 2.45) is 0 Å². The van der Waals surface area contributed by atoms with E-state index in [4.69, 9.17) is 0 Å². The second-order valence-corrected chi connectivity index (χ2v) is 7.72. The predicted octanol–water partition coefficient (Wildman–Crippen LogP) is 2.77. The van der Waals surface area contributed by atoms with Crippen molar-refractivity contribution in [3.63, 3.8) is 0 Å². The molecule has 32 heavy (non-hydrogen) atoms. The Morgan fingerprint density at radius 1 is 1.09 bits per heavy atom. The lowest BCUT2D eigenvalue weighted by molar-refractivity contribution is -0.168. The number of carboxylic acid groups (broad SMARTS) is 1. The SMILES string of the molecule is O=C1[C@H](c2cccc(F)c2F)N2C(=O)CCN(C(=O)O)[C@H]2CN1CCc1cccc(F)c1. The van der Waals surface area contributed by atoms with E-state index >= 15 is 0 Å². The molecule has 2 saturated heterocycles. The van der Waals surface area contributed by atoms with Crippen molar-refractivity contribution in [1.29, 1.82) is 0 Å². The monoisotopic (exact) mass is 447 g/mol. The molecule has 7 nitrogen and oxygen atoms in total. The molecule has 2 heterocycles. The summed E-state index contributed by atoms with van der Waals surface area (Å²) in [4.78, 5) is 41.2. The number of benzene rings is 2. The summed E-state index contributed by atoms with van der Waals surface area (Å²) >= 11 is 0. The molecule has 3 amide bonds. The molecule has 4 rings (SSSR count). The number of amides is 3. The lowest BCUT2D eigenvalue weighted by atomic mass is 9.96. The third kappa shape index (κ3) is 3.88. The van der Waals surface area contributed by atoms with Gasteiger partial charge in [0.15, 0.2) is 11.6 Å². The Bertz CT molecular complexity index is 1080. The van der Waals surface area contributed by atoms with Crippen LogP contribution in [-0.4, -0.2) is 63.5 Å². The fourth-order valence-electron chi connectivity index (χ4n) is 4.29. The van der Waals surface area contributed by atoms with Crippen LogP contribution in [0.5, 0.6) is 0 Å². The van der Waals surface area contributed by atoms with Gasteiger partial charge in [0, 0.05) is 25.1 Å². The number of hydrogen-bond donors (Lipinski definition) is 1. The summed E-state index contributed by atoms with van der Waals surface area (Å²) in [7, 11) is 0. The van der Waals surface area contributed by atoms with Gasteiger partial charge in [-0.15, -0.1) is 0 Å². The molecule has 2 aliphatic rings. The molecule has 0 aromatic heterocycles. The first-order valence-electron chi connectivity index (χ1n) is 10.1. The van der Waals surface area contributed by atoms with Crippen molar-refractivity contribution >= 4 is 17.9 Å². The number of nitrogens with zero attached hydrogens (tertiary/aromatic N) is 3. The molecule has 0 spiro atoms. The van der Waals surface area contributed by atoms with Gasteiger partial charge in [-0.2, -0.15) is 0 Å². The highest BCUT2D eigenvalue weighted by Gasteiger charge is 2.50. The van der Waals surface area contributed by atoms with Crippen LogP contribution < -0.4 is 0 Å². The highest BCUT2D eigenvalue weighted by atomic mass is 19.2. The van der Waals surface area contributed by atoms with Gasteiger partial charge in [-0.25, -0.2) is 18.0 Å². The highest BCUT2D eigenvalue weighted by molar-refractivity contribution is 5.91. The molecule has 0 saturated carbocycles. The topological polar surface area (TPSA) is 81.2 Å². The van der Waals surface area contributed by atoms with Crippen LogP contribution in [0.15, 0.2) is 42.5 Å². The van der Waals surface area contributed by atoms with Crippen LogP contribution in [0.1, 0.15) is 23.6 Å². The van der Waals surface area contributed by atoms with Crippen molar-refractivity contribution < 1.29 is 32.7 Å². The van der Waals surface area contributed by atoms with E-state index in [1.165, 1.54) is 35.2 Å². The molecule has 2 aromatic rings. The summed E-state index contributed by atoms with van der Waals surface area (Å²) < 4.78 is 42.1. The summed E-state index contributed by atoms with van der Waals surface area (Å²) in [5.74, 6) is -4.05. The van der Waals surface area contributed by atoms with Crippen molar-refractivity contribution in [1.82, 2.24) is 14.7 Å². The average molecular weight is 447 g/mol. The van der Waals surface area contributed by atoms with Crippen LogP contribution in [0.4, 0.5) is 18.0 Å². The lowest BCUT2D eigenvalue weighted by Gasteiger charge is -2.51. The lowest BCUT2D eigenvalue weighted by Crippen LogP contribution is -2.68. The minimum atomic E-state index is -1.51. The number of piperazine rings is 1. The molecule has 168 valence electrons. The van der Waals surface area contributed by atoms with Crippen molar-refractivity contribution in [2.45, 2.75) is 25.0 Å². The molecule has 2 fully saturated rings. The summed E-state index contributed by atoms with van der Waals surface area (Å²) in [6.07, 6.45) is -2.25. The van der Waals surface area contributed by atoms with Gasteiger partial charge in [0.1, 0.15) is 18.0 Å². The third-order valence-corrected chi connectivity index (χ3v) is 5.82. The molecule has 0 aliphatic carbocycles. The Morgan fingerprint density at radius 3 is 2.56 bits per heavy atom. The minimum absolute atomic E-state index is 0.0698. The molecular weight excluding hydrogens is 427 g/mol. The van der Waals surface area contributed by atoms with Gasteiger partial charge >= 0.3 is 6.09 Å². The van der Waals surface area contributed by atoms with Crippen LogP contribution >= 0.6 is 0 Å². The number of fused-ring (bicyclic) bond motifs is 1. The molecular formula is C22H20F3N3O4. The minimum Gasteiger partial charge on any atom is -0.465 e. The van der Waals surface area contributed by atoms with Gasteiger partial charge in [-0.05, 0) is 30.2 Å². The summed E-state index contributed by atoms with van der Waals surface area (Å²) in [5, 5.41) is 9.62. The second kappa shape index (κ2) is 8.52. The van der Waals surface area contributed by atoms with Crippen LogP contribution in [0.25, 0.3) is 0 Å². The van der Waals surface area contributed by atoms with Crippen LogP contribution in [0.2, 0.25) is 0 Å². The number of halogens is 3. The van der Waals surface area contributed by atoms with Gasteiger partial charge in [-0.3, -0.25) is 14.5 Å². The van der Waals surface area contributed by atoms with Crippen molar-refractivity contribution in [3.8, 4) is 0 Å². The number of carbonyl (C=O) groups excluding carboxylic acids is 2. The molecule has 10 heteroatoms. The van der Waals surface area contributed by atoms with Crippen molar-refractivity contribution in [2.75, 3.05) is 19.6 Å². The first-order chi connectivity index (χ1) is 15.3. The molecule has 1 N–H and O–H groups in total. The number of rotatable bonds is 4. The molecule has 0 bridgehead atoms. The maximum absolute atomic E-state index is 14.7. The molecule has 0 radical (unpaired) electrons. The first kappa shape index (κ1) is 21.7. The zero-order valence-corrected chi connectivity index (χ0v) is 16.9. The normalized spacial score (nSPS) is 21.0. The summed E-state index contributed by atoms with van der Waals surface area (Å²) in [6, 6.07) is 7.64. The fourth-order valence-corrected chi connectivity index (χ4v) is 4.29. The largest absolute Gasteiger partial charge is 0.465 e. The van der Waals surface area contributed by atoms with Crippen LogP contribution in [-0.2, 0) is 16.0 Å². The van der Waals surface area contributed by atoms with Gasteiger partial charge < -0.3 is 14.9 Å². The van der Waals surface area contributed by atoms with Crippen molar-refractivity contribution in [3.05, 3.63) is 71.0 Å². The average Bonchev–Trinajstić information content (AvgIpc) is 2.75. The van der Waals surface area contributed by atoms with Gasteiger partial charge in [0.25, 0.3) is 0 Å². The third-order valence-electron chi connectivity index (χ3n) is 5.82. The number of hydrogen-bond acceptors (Lipinski definition) is 3. The Balaban J connectivity index is 1.71. The standard InChI is InChI=1S/C22H20F3N3O4/c23-14-4-1-3-13(11-14)7-9-26-12-17-27(22(31)32)10-8-18(29)28(17)20(21(26)30)15-5-2-6-16(24)19(15)25/h1-6,11,17,20H,7-10,12H2,(H,31,32)/t17-,20+/m1/s1. The Labute approximate surface area is 181 Å². The van der Waals surface area contributed by atoms with E-state index < -0.39 is 47.6 Å². The van der Waals surface area contributed by atoms with Gasteiger partial charge in [0.05, 0.1) is 6.54 Å². The fraction of sp³-hybridized carbons (Fsp3) is 0.318. The summed E-state index contributed by atoms with van der Waals surface area (Å²) in [6.45, 7) is -0.110. The molecule has 0 unspecified atom stereocenters. The predicted molar refractivity (Wildman–Crippen MR) is 106 cm³/mol. The van der Waals surface area contributed by atoms with E-state index in [-0.39, 0.29) is 38.0 Å². The number of carbonyl (C=O) groups is 3. The van der Waals surface area contributed by atoms with Gasteiger partial charge in [-0.1, -0.05) is 24.3 Å². The van der Waals surface area contributed by atoms with E-state index in [0.717, 1.165) is 15.9 Å². The maximum Gasteiger partial charge on any atom is 0.409 e. The van der Waals surface area contributed by atoms with Gasteiger partial charge in [0.2, 0.25) is 11.8 Å². The van der Waals surface area contributed by atoms with E-state index in [2.05, 4.69) is 0 Å². The summed E-state index contributed by atoms with van der Waals surface area (Å²) in [5.41, 5.74) is 0.277. The highest BCUT2D eigenvalue weighted by Crippen LogP contribution is 2.36. The van der Waals surface area contributed by atoms with Crippen LogP contribution in [0.3, 0.4) is 0 Å². The van der Waals surface area contributed by atoms with Crippen LogP contribution in [0, 0.1) is 17.5 Å². The van der Waals surface area contributed by atoms with E-state index in [0.29, 0.717) is 5.56 Å². The Kier molecular flexibility index (Phi) is 5.77. The Hall–Kier alpha value is -3.56. The maximum atomic E-state index is 14.7. The zero-order chi connectivity index (χ0) is 23.0. The van der Waals surface area contributed by atoms with E-state index in [9.17, 15) is 32.7 Å². The smallest absolute Gasteiger partial charge is 0.409 e. The van der Waals surface area contributed by atoms with E-state index in [1.807, 2.05) is 0 Å². The molecule has 2 aromatic carbocycles. The zero-order valence-electron chi connectivity index (χ0n) is 16.9. The first-order valence-corrected chi connectivity index (χ1v) is 10.1. The Morgan fingerprint density at radius 2 is 1.84 bits per heavy atom. The second-order valence-electron chi connectivity index (χ2n) is 7.72. The molecule has 2 atom stereocenters.